The lowest BCUT2D eigenvalue weighted by Crippen LogP contribution is -2.19. The lowest BCUT2D eigenvalue weighted by Gasteiger charge is -2.27. The van der Waals surface area contributed by atoms with E-state index in [1.54, 1.807) is 13.0 Å². The Balaban J connectivity index is 2.12. The van der Waals surface area contributed by atoms with Crippen LogP contribution < -0.4 is 9.64 Å². The van der Waals surface area contributed by atoms with Gasteiger partial charge >= 0.3 is 0 Å². The molecule has 21 heavy (non-hydrogen) atoms. The van der Waals surface area contributed by atoms with Gasteiger partial charge in [-0.1, -0.05) is 12.1 Å². The number of para-hydroxylation sites is 2. The molecule has 0 saturated heterocycles. The number of fused-ring (bicyclic) bond motifs is 1. The molecule has 0 fully saturated rings. The zero-order valence-corrected chi connectivity index (χ0v) is 11.9. The quantitative estimate of drug-likeness (QED) is 0.912. The van der Waals surface area contributed by atoms with Gasteiger partial charge < -0.3 is 14.7 Å². The molecule has 0 saturated carbocycles. The fourth-order valence-corrected chi connectivity index (χ4v) is 2.68. The topological polar surface area (TPSA) is 32.7 Å². The van der Waals surface area contributed by atoms with Gasteiger partial charge in [-0.25, -0.2) is 4.39 Å². The molecule has 1 aliphatic heterocycles. The maximum atomic E-state index is 13.5. The molecule has 3 nitrogen and oxygen atoms in total. The molecule has 2 aromatic rings. The predicted molar refractivity (Wildman–Crippen MR) is 80.6 cm³/mol. The first-order valence-electron chi connectivity index (χ1n) is 7.13. The summed E-state index contributed by atoms with van der Waals surface area (Å²) in [6.45, 7) is 3.07. The van der Waals surface area contributed by atoms with E-state index < -0.39 is 6.10 Å². The van der Waals surface area contributed by atoms with E-state index in [0.717, 1.165) is 30.1 Å². The van der Waals surface area contributed by atoms with Gasteiger partial charge in [-0.2, -0.15) is 0 Å². The normalized spacial score (nSPS) is 15.9. The Kier molecular flexibility index (Phi) is 3.80. The second kappa shape index (κ2) is 5.74. The Morgan fingerprint density at radius 3 is 2.81 bits per heavy atom. The lowest BCUT2D eigenvalue weighted by molar-refractivity contribution is 0.199. The lowest BCUT2D eigenvalue weighted by atomic mass is 10.1. The molecule has 0 radical (unpaired) electrons. The SMILES string of the molecule is CC(O)c1cc(F)ccc1N1CCCOc2ccccc21. The van der Waals surface area contributed by atoms with E-state index in [1.165, 1.54) is 12.1 Å². The molecule has 1 unspecified atom stereocenters. The van der Waals surface area contributed by atoms with Crippen molar-refractivity contribution in [2.45, 2.75) is 19.4 Å². The van der Waals surface area contributed by atoms with E-state index in [-0.39, 0.29) is 5.82 Å². The predicted octanol–water partition coefficient (Wildman–Crippen LogP) is 3.80. The number of nitrogens with zero attached hydrogens (tertiary/aromatic N) is 1. The molecule has 0 spiro atoms. The molecule has 0 bridgehead atoms. The summed E-state index contributed by atoms with van der Waals surface area (Å²) >= 11 is 0. The molecule has 0 aliphatic carbocycles. The van der Waals surface area contributed by atoms with Gasteiger partial charge in [-0.05, 0) is 43.7 Å². The summed E-state index contributed by atoms with van der Waals surface area (Å²) in [6.07, 6.45) is 0.137. The van der Waals surface area contributed by atoms with Gasteiger partial charge in [-0.15, -0.1) is 0 Å². The molecule has 4 heteroatoms. The van der Waals surface area contributed by atoms with Gasteiger partial charge in [0.25, 0.3) is 0 Å². The van der Waals surface area contributed by atoms with Gasteiger partial charge in [-0.3, -0.25) is 0 Å². The average molecular weight is 287 g/mol. The summed E-state index contributed by atoms with van der Waals surface area (Å²) < 4.78 is 19.2. The number of hydrogen-bond acceptors (Lipinski definition) is 3. The third kappa shape index (κ3) is 2.72. The van der Waals surface area contributed by atoms with E-state index in [4.69, 9.17) is 4.74 Å². The molecule has 1 heterocycles. The van der Waals surface area contributed by atoms with Crippen molar-refractivity contribution in [2.24, 2.45) is 0 Å². The Labute approximate surface area is 123 Å². The highest BCUT2D eigenvalue weighted by Gasteiger charge is 2.21. The molecule has 1 atom stereocenters. The molecular formula is C17H18FNO2. The largest absolute Gasteiger partial charge is 0.491 e. The van der Waals surface area contributed by atoms with Gasteiger partial charge in [0.1, 0.15) is 11.6 Å². The van der Waals surface area contributed by atoms with Crippen LogP contribution in [0.2, 0.25) is 0 Å². The monoisotopic (exact) mass is 287 g/mol. The van der Waals surface area contributed by atoms with Crippen LogP contribution >= 0.6 is 0 Å². The number of benzene rings is 2. The number of ether oxygens (including phenoxy) is 1. The summed E-state index contributed by atoms with van der Waals surface area (Å²) in [5.74, 6) is 0.477. The van der Waals surface area contributed by atoms with Crippen molar-refractivity contribution < 1.29 is 14.2 Å². The van der Waals surface area contributed by atoms with Crippen LogP contribution in [0.5, 0.6) is 5.75 Å². The summed E-state index contributed by atoms with van der Waals surface area (Å²) in [5, 5.41) is 9.95. The zero-order chi connectivity index (χ0) is 14.8. The van der Waals surface area contributed by atoms with Crippen LogP contribution in [0.25, 0.3) is 0 Å². The summed E-state index contributed by atoms with van der Waals surface area (Å²) in [5.41, 5.74) is 2.36. The molecule has 1 N–H and O–H groups in total. The van der Waals surface area contributed by atoms with Crippen molar-refractivity contribution >= 4 is 11.4 Å². The van der Waals surface area contributed by atoms with Crippen molar-refractivity contribution in [1.82, 2.24) is 0 Å². The Morgan fingerprint density at radius 1 is 1.19 bits per heavy atom. The van der Waals surface area contributed by atoms with Crippen LogP contribution in [-0.4, -0.2) is 18.3 Å². The maximum absolute atomic E-state index is 13.5. The van der Waals surface area contributed by atoms with Crippen molar-refractivity contribution in [3.05, 3.63) is 53.8 Å². The minimum atomic E-state index is -0.730. The summed E-state index contributed by atoms with van der Waals surface area (Å²) in [7, 11) is 0. The number of aliphatic hydroxyl groups excluding tert-OH is 1. The average Bonchev–Trinajstić information content (AvgIpc) is 2.69. The summed E-state index contributed by atoms with van der Waals surface area (Å²) in [4.78, 5) is 2.09. The van der Waals surface area contributed by atoms with Crippen LogP contribution in [0.4, 0.5) is 15.8 Å². The third-order valence-electron chi connectivity index (χ3n) is 3.67. The standard InChI is InChI=1S/C17H18FNO2/c1-12(20)14-11-13(18)7-8-15(14)19-9-4-10-21-17-6-3-2-5-16(17)19/h2-3,5-8,11-12,20H,4,9-10H2,1H3. The van der Waals surface area contributed by atoms with E-state index in [2.05, 4.69) is 4.90 Å². The second-order valence-corrected chi connectivity index (χ2v) is 5.20. The molecule has 0 aromatic heterocycles. The fourth-order valence-electron chi connectivity index (χ4n) is 2.68. The zero-order valence-electron chi connectivity index (χ0n) is 11.9. The first kappa shape index (κ1) is 13.9. The maximum Gasteiger partial charge on any atom is 0.142 e. The second-order valence-electron chi connectivity index (χ2n) is 5.20. The van der Waals surface area contributed by atoms with Gasteiger partial charge in [0.2, 0.25) is 0 Å². The molecule has 0 amide bonds. The molecular weight excluding hydrogens is 269 g/mol. The number of rotatable bonds is 2. The van der Waals surface area contributed by atoms with Crippen LogP contribution in [-0.2, 0) is 0 Å². The Hall–Kier alpha value is -2.07. The highest BCUT2D eigenvalue weighted by Crippen LogP contribution is 2.38. The van der Waals surface area contributed by atoms with Gasteiger partial charge in [0.05, 0.1) is 18.4 Å². The fraction of sp³-hybridized carbons (Fsp3) is 0.294. The van der Waals surface area contributed by atoms with Crippen molar-refractivity contribution in [3.8, 4) is 5.75 Å². The smallest absolute Gasteiger partial charge is 0.142 e. The Bertz CT molecular complexity index is 642. The molecule has 2 aromatic carbocycles. The van der Waals surface area contributed by atoms with Crippen molar-refractivity contribution in [2.75, 3.05) is 18.1 Å². The number of halogens is 1. The third-order valence-corrected chi connectivity index (χ3v) is 3.67. The van der Waals surface area contributed by atoms with E-state index in [9.17, 15) is 9.50 Å². The number of aliphatic hydroxyl groups is 1. The van der Waals surface area contributed by atoms with Crippen LogP contribution in [0.1, 0.15) is 25.0 Å². The van der Waals surface area contributed by atoms with Gasteiger partial charge in [0.15, 0.2) is 0 Å². The van der Waals surface area contributed by atoms with E-state index in [0.29, 0.717) is 12.2 Å². The first-order valence-corrected chi connectivity index (χ1v) is 7.13. The highest BCUT2D eigenvalue weighted by atomic mass is 19.1. The van der Waals surface area contributed by atoms with Crippen molar-refractivity contribution in [3.63, 3.8) is 0 Å². The number of hydrogen-bond donors (Lipinski definition) is 1. The molecule has 3 rings (SSSR count). The van der Waals surface area contributed by atoms with Gasteiger partial charge in [0, 0.05) is 17.8 Å². The minimum Gasteiger partial charge on any atom is -0.491 e. The summed E-state index contributed by atoms with van der Waals surface area (Å²) in [6, 6.07) is 12.3. The van der Waals surface area contributed by atoms with E-state index in [1.807, 2.05) is 24.3 Å². The highest BCUT2D eigenvalue weighted by molar-refractivity contribution is 5.72. The molecule has 1 aliphatic rings. The minimum absolute atomic E-state index is 0.339. The number of anilines is 2. The molecule has 110 valence electrons. The Morgan fingerprint density at radius 2 is 2.00 bits per heavy atom. The first-order chi connectivity index (χ1) is 10.2. The van der Waals surface area contributed by atoms with Crippen LogP contribution in [0.3, 0.4) is 0 Å². The van der Waals surface area contributed by atoms with Crippen LogP contribution in [0.15, 0.2) is 42.5 Å². The van der Waals surface area contributed by atoms with E-state index >= 15 is 0 Å². The van der Waals surface area contributed by atoms with Crippen LogP contribution in [0, 0.1) is 5.82 Å². The van der Waals surface area contributed by atoms with Crippen molar-refractivity contribution in [1.29, 1.82) is 0 Å².